The van der Waals surface area contributed by atoms with Crippen LogP contribution in [-0.4, -0.2) is 6.29 Å². The molecule has 0 unspecified atom stereocenters. The summed E-state index contributed by atoms with van der Waals surface area (Å²) in [5.74, 6) is 0. The van der Waals surface area contributed by atoms with Gasteiger partial charge in [-0.2, -0.15) is 0 Å². The molecular formula is C11H6O. The Bertz CT molecular complexity index is 492. The fourth-order valence-corrected chi connectivity index (χ4v) is 1.89. The fourth-order valence-electron chi connectivity index (χ4n) is 1.89. The summed E-state index contributed by atoms with van der Waals surface area (Å²) in [7, 11) is 0. The van der Waals surface area contributed by atoms with Crippen LogP contribution in [0, 0.1) is 0 Å². The van der Waals surface area contributed by atoms with Gasteiger partial charge in [0, 0.05) is 5.56 Å². The number of hydrogen-bond acceptors (Lipinski definition) is 1. The lowest BCUT2D eigenvalue weighted by molar-refractivity contribution is 0.112. The first-order chi connectivity index (χ1) is 5.90. The van der Waals surface area contributed by atoms with Gasteiger partial charge in [-0.3, -0.25) is 4.79 Å². The molecular weight excluding hydrogens is 148 g/mol. The Morgan fingerprint density at radius 2 is 1.92 bits per heavy atom. The zero-order chi connectivity index (χ0) is 8.13. The summed E-state index contributed by atoms with van der Waals surface area (Å²) >= 11 is 0. The van der Waals surface area contributed by atoms with Crippen molar-refractivity contribution in [2.45, 2.75) is 0 Å². The monoisotopic (exact) mass is 154 g/mol. The highest BCUT2D eigenvalue weighted by Gasteiger charge is 2.15. The SMILES string of the molecule is O=Cc1c2ccc3ccc-2cc13. The maximum Gasteiger partial charge on any atom is 0.151 e. The molecule has 1 nitrogen and oxygen atoms in total. The molecule has 1 heteroatoms. The second kappa shape index (κ2) is 1.75. The summed E-state index contributed by atoms with van der Waals surface area (Å²) in [5, 5.41) is 2.25. The highest BCUT2D eigenvalue weighted by atomic mass is 16.1. The summed E-state index contributed by atoms with van der Waals surface area (Å²) in [6.45, 7) is 0. The molecule has 56 valence electrons. The third-order valence-corrected chi connectivity index (χ3v) is 2.49. The molecule has 3 rings (SSSR count). The molecule has 0 atom stereocenters. The van der Waals surface area contributed by atoms with E-state index in [0.717, 1.165) is 28.2 Å². The molecule has 3 bridgehead atoms. The standard InChI is InChI=1S/C11H6O/c12-6-11-9-4-3-7-1-2-8(9)5-10(7)11/h1-6H. The number of rotatable bonds is 1. The third kappa shape index (κ3) is 0.493. The van der Waals surface area contributed by atoms with Crippen molar-refractivity contribution in [3.8, 4) is 11.1 Å². The van der Waals surface area contributed by atoms with Gasteiger partial charge in [0.05, 0.1) is 0 Å². The van der Waals surface area contributed by atoms with E-state index in [1.165, 1.54) is 5.56 Å². The van der Waals surface area contributed by atoms with Crippen LogP contribution in [0.15, 0.2) is 30.3 Å². The lowest BCUT2D eigenvalue weighted by Gasteiger charge is -1.94. The van der Waals surface area contributed by atoms with Gasteiger partial charge in [-0.15, -0.1) is 0 Å². The molecule has 2 aromatic rings. The zero-order valence-electron chi connectivity index (χ0n) is 6.37. The van der Waals surface area contributed by atoms with Crippen LogP contribution in [-0.2, 0) is 0 Å². The molecule has 12 heavy (non-hydrogen) atoms. The van der Waals surface area contributed by atoms with E-state index >= 15 is 0 Å². The second-order valence-electron chi connectivity index (χ2n) is 3.08. The summed E-state index contributed by atoms with van der Waals surface area (Å²) in [6.07, 6.45) is 0.949. The molecule has 1 aliphatic carbocycles. The average Bonchev–Trinajstić information content (AvgIpc) is 2.33. The van der Waals surface area contributed by atoms with Gasteiger partial charge < -0.3 is 0 Å². The summed E-state index contributed by atoms with van der Waals surface area (Å²) in [6, 6.07) is 10.3. The summed E-state index contributed by atoms with van der Waals surface area (Å²) < 4.78 is 0. The molecule has 0 aromatic heterocycles. The molecule has 0 N–H and O–H groups in total. The number of fused-ring (bicyclic) bond motifs is 3. The van der Waals surface area contributed by atoms with E-state index in [9.17, 15) is 4.79 Å². The minimum atomic E-state index is 0.854. The number of carbonyl (C=O) groups is 1. The van der Waals surface area contributed by atoms with Crippen molar-refractivity contribution in [2.75, 3.05) is 0 Å². The number of carbonyl (C=O) groups excluding carboxylic acids is 1. The Morgan fingerprint density at radius 1 is 1.08 bits per heavy atom. The van der Waals surface area contributed by atoms with Gasteiger partial charge in [-0.25, -0.2) is 0 Å². The van der Waals surface area contributed by atoms with Crippen molar-refractivity contribution in [2.24, 2.45) is 0 Å². The molecule has 0 spiro atoms. The van der Waals surface area contributed by atoms with Gasteiger partial charge in [0.2, 0.25) is 0 Å². The van der Waals surface area contributed by atoms with Crippen LogP contribution in [0.4, 0.5) is 0 Å². The van der Waals surface area contributed by atoms with Gasteiger partial charge in [0.1, 0.15) is 0 Å². The first-order valence-electron chi connectivity index (χ1n) is 3.92. The van der Waals surface area contributed by atoms with Gasteiger partial charge in [0.15, 0.2) is 6.29 Å². The third-order valence-electron chi connectivity index (χ3n) is 2.49. The molecule has 0 saturated carbocycles. The van der Waals surface area contributed by atoms with Crippen molar-refractivity contribution in [3.63, 3.8) is 0 Å². The molecule has 2 aromatic carbocycles. The van der Waals surface area contributed by atoms with Gasteiger partial charge >= 0.3 is 0 Å². The number of benzene rings is 2. The van der Waals surface area contributed by atoms with E-state index in [0.29, 0.717) is 0 Å². The van der Waals surface area contributed by atoms with Crippen LogP contribution in [0.1, 0.15) is 10.4 Å². The Balaban J connectivity index is 2.67. The summed E-state index contributed by atoms with van der Waals surface area (Å²) in [5.41, 5.74) is 3.11. The Kier molecular flexibility index (Phi) is 0.867. The van der Waals surface area contributed by atoms with Crippen molar-refractivity contribution < 1.29 is 4.79 Å². The Labute approximate surface area is 69.6 Å². The lowest BCUT2D eigenvalue weighted by atomic mass is 10.1. The van der Waals surface area contributed by atoms with Crippen molar-refractivity contribution in [1.82, 2.24) is 0 Å². The van der Waals surface area contributed by atoms with Gasteiger partial charge in [-0.1, -0.05) is 24.3 Å². The highest BCUT2D eigenvalue weighted by molar-refractivity contribution is 6.10. The maximum atomic E-state index is 10.8. The fraction of sp³-hybridized carbons (Fsp3) is 0. The Hall–Kier alpha value is -1.63. The van der Waals surface area contributed by atoms with Crippen molar-refractivity contribution in [1.29, 1.82) is 0 Å². The van der Waals surface area contributed by atoms with E-state index in [2.05, 4.69) is 24.3 Å². The molecule has 0 amide bonds. The first-order valence-corrected chi connectivity index (χ1v) is 3.92. The predicted octanol–water partition coefficient (Wildman–Crippen LogP) is 2.63. The predicted molar refractivity (Wildman–Crippen MR) is 48.3 cm³/mol. The number of aldehydes is 1. The minimum absolute atomic E-state index is 0.854. The lowest BCUT2D eigenvalue weighted by Crippen LogP contribution is -1.79. The van der Waals surface area contributed by atoms with Crippen LogP contribution in [0.5, 0.6) is 0 Å². The topological polar surface area (TPSA) is 17.1 Å². The average molecular weight is 154 g/mol. The van der Waals surface area contributed by atoms with Crippen LogP contribution in [0.25, 0.3) is 21.9 Å². The zero-order valence-corrected chi connectivity index (χ0v) is 6.37. The molecule has 0 heterocycles. The van der Waals surface area contributed by atoms with Gasteiger partial charge in [-0.05, 0) is 28.0 Å². The molecule has 1 aliphatic rings. The summed E-state index contributed by atoms with van der Waals surface area (Å²) in [4.78, 5) is 10.8. The normalized spacial score (nSPS) is 11.7. The number of hydrogen-bond donors (Lipinski definition) is 0. The van der Waals surface area contributed by atoms with Crippen LogP contribution >= 0.6 is 0 Å². The van der Waals surface area contributed by atoms with E-state index < -0.39 is 0 Å². The molecule has 0 fully saturated rings. The molecule has 0 saturated heterocycles. The van der Waals surface area contributed by atoms with Crippen LogP contribution in [0.2, 0.25) is 0 Å². The Morgan fingerprint density at radius 3 is 2.75 bits per heavy atom. The van der Waals surface area contributed by atoms with E-state index in [1.54, 1.807) is 0 Å². The van der Waals surface area contributed by atoms with Crippen LogP contribution in [0.3, 0.4) is 0 Å². The van der Waals surface area contributed by atoms with Crippen LogP contribution < -0.4 is 0 Å². The van der Waals surface area contributed by atoms with Crippen molar-refractivity contribution in [3.05, 3.63) is 35.9 Å². The van der Waals surface area contributed by atoms with Crippen molar-refractivity contribution >= 4 is 17.1 Å². The van der Waals surface area contributed by atoms with E-state index in [4.69, 9.17) is 0 Å². The highest BCUT2D eigenvalue weighted by Crippen LogP contribution is 2.37. The minimum Gasteiger partial charge on any atom is -0.298 e. The van der Waals surface area contributed by atoms with Gasteiger partial charge in [0.25, 0.3) is 0 Å². The first kappa shape index (κ1) is 5.95. The van der Waals surface area contributed by atoms with E-state index in [1.807, 2.05) is 6.07 Å². The van der Waals surface area contributed by atoms with E-state index in [-0.39, 0.29) is 0 Å². The maximum absolute atomic E-state index is 10.8. The largest absolute Gasteiger partial charge is 0.298 e. The quantitative estimate of drug-likeness (QED) is 0.492. The second-order valence-corrected chi connectivity index (χ2v) is 3.08. The molecule has 0 aliphatic heterocycles. The smallest absolute Gasteiger partial charge is 0.151 e. The molecule has 0 radical (unpaired) electrons.